The van der Waals surface area contributed by atoms with Crippen molar-refractivity contribution >= 4 is 21.7 Å². The second-order valence-corrected chi connectivity index (χ2v) is 5.72. The lowest BCUT2D eigenvalue weighted by atomic mass is 9.90. The average Bonchev–Trinajstić information content (AvgIpc) is 2.37. The molecule has 0 fully saturated rings. The van der Waals surface area contributed by atoms with Gasteiger partial charge in [-0.05, 0) is 31.0 Å². The Bertz CT molecular complexity index is 486. The SMILES string of the molecule is CCCCC(CC)C(=O)c1ccc(Br)cc1OC(F)(F)F. The molecule has 1 atom stereocenters. The molecule has 118 valence electrons. The lowest BCUT2D eigenvalue weighted by Crippen LogP contribution is -2.21. The molecule has 1 unspecified atom stereocenters. The van der Waals surface area contributed by atoms with Crippen LogP contribution >= 0.6 is 15.9 Å². The molecule has 0 spiro atoms. The highest BCUT2D eigenvalue weighted by Crippen LogP contribution is 2.32. The van der Waals surface area contributed by atoms with Gasteiger partial charge < -0.3 is 4.74 Å². The number of unbranched alkanes of at least 4 members (excludes halogenated alkanes) is 1. The minimum Gasteiger partial charge on any atom is -0.405 e. The maximum Gasteiger partial charge on any atom is 0.573 e. The van der Waals surface area contributed by atoms with Crippen LogP contribution in [0.3, 0.4) is 0 Å². The van der Waals surface area contributed by atoms with Crippen molar-refractivity contribution in [3.05, 3.63) is 28.2 Å². The summed E-state index contributed by atoms with van der Waals surface area (Å²) in [5.74, 6) is -1.02. The molecule has 21 heavy (non-hydrogen) atoms. The first-order valence-electron chi connectivity index (χ1n) is 6.88. The molecule has 0 aliphatic heterocycles. The van der Waals surface area contributed by atoms with Crippen molar-refractivity contribution < 1.29 is 22.7 Å². The third kappa shape index (κ3) is 5.69. The first kappa shape index (κ1) is 18.0. The molecule has 0 saturated carbocycles. The summed E-state index contributed by atoms with van der Waals surface area (Å²) in [7, 11) is 0. The number of halogens is 4. The normalized spacial score (nSPS) is 13.0. The van der Waals surface area contributed by atoms with E-state index in [1.807, 2.05) is 13.8 Å². The number of hydrogen-bond acceptors (Lipinski definition) is 2. The Morgan fingerprint density at radius 1 is 1.33 bits per heavy atom. The Kier molecular flexibility index (Phi) is 6.71. The topological polar surface area (TPSA) is 26.3 Å². The van der Waals surface area contributed by atoms with Crippen LogP contribution in [-0.4, -0.2) is 12.1 Å². The molecule has 0 bridgehead atoms. The van der Waals surface area contributed by atoms with E-state index in [0.717, 1.165) is 12.8 Å². The molecular formula is C15H18BrF3O2. The van der Waals surface area contributed by atoms with E-state index in [2.05, 4.69) is 20.7 Å². The fourth-order valence-electron chi connectivity index (χ4n) is 2.10. The predicted octanol–water partition coefficient (Wildman–Crippen LogP) is 5.75. The van der Waals surface area contributed by atoms with Gasteiger partial charge >= 0.3 is 6.36 Å². The summed E-state index contributed by atoms with van der Waals surface area (Å²) in [6.45, 7) is 3.87. The number of hydrogen-bond donors (Lipinski definition) is 0. The van der Waals surface area contributed by atoms with Crippen molar-refractivity contribution in [1.82, 2.24) is 0 Å². The monoisotopic (exact) mass is 366 g/mol. The molecule has 6 heteroatoms. The summed E-state index contributed by atoms with van der Waals surface area (Å²) in [6, 6.07) is 4.10. The third-order valence-corrected chi connectivity index (χ3v) is 3.70. The zero-order chi connectivity index (χ0) is 16.0. The number of carbonyl (C=O) groups is 1. The van der Waals surface area contributed by atoms with Gasteiger partial charge in [0.1, 0.15) is 5.75 Å². The zero-order valence-electron chi connectivity index (χ0n) is 12.0. The van der Waals surface area contributed by atoms with Crippen molar-refractivity contribution in [3.8, 4) is 5.75 Å². The smallest absolute Gasteiger partial charge is 0.405 e. The first-order valence-corrected chi connectivity index (χ1v) is 7.67. The van der Waals surface area contributed by atoms with E-state index in [-0.39, 0.29) is 17.3 Å². The average molecular weight is 367 g/mol. The molecule has 0 aromatic heterocycles. The van der Waals surface area contributed by atoms with Crippen LogP contribution < -0.4 is 4.74 Å². The molecule has 0 amide bonds. The second-order valence-electron chi connectivity index (χ2n) is 4.80. The Hall–Kier alpha value is -1.04. The minimum atomic E-state index is -4.82. The Morgan fingerprint density at radius 3 is 2.52 bits per heavy atom. The van der Waals surface area contributed by atoms with Gasteiger partial charge in [-0.2, -0.15) is 0 Å². The first-order chi connectivity index (χ1) is 9.78. The Morgan fingerprint density at radius 2 is 2.00 bits per heavy atom. The van der Waals surface area contributed by atoms with Gasteiger partial charge in [-0.15, -0.1) is 13.2 Å². The van der Waals surface area contributed by atoms with Gasteiger partial charge in [0, 0.05) is 10.4 Å². The maximum absolute atomic E-state index is 12.5. The molecule has 0 aliphatic rings. The molecule has 2 nitrogen and oxygen atoms in total. The molecule has 1 rings (SSSR count). The van der Waals surface area contributed by atoms with Crippen LogP contribution in [0, 0.1) is 5.92 Å². The van der Waals surface area contributed by atoms with Crippen LogP contribution in [0.15, 0.2) is 22.7 Å². The van der Waals surface area contributed by atoms with Crippen LogP contribution in [0.4, 0.5) is 13.2 Å². The highest BCUT2D eigenvalue weighted by atomic mass is 79.9. The van der Waals surface area contributed by atoms with Crippen LogP contribution in [0.25, 0.3) is 0 Å². The van der Waals surface area contributed by atoms with E-state index in [1.165, 1.54) is 12.1 Å². The minimum absolute atomic E-state index is 0.0153. The Balaban J connectivity index is 3.07. The summed E-state index contributed by atoms with van der Waals surface area (Å²) in [5, 5.41) is 0. The number of ether oxygens (including phenoxy) is 1. The van der Waals surface area contributed by atoms with E-state index < -0.39 is 12.1 Å². The van der Waals surface area contributed by atoms with E-state index in [0.29, 0.717) is 17.3 Å². The predicted molar refractivity (Wildman–Crippen MR) is 78.5 cm³/mol. The lowest BCUT2D eigenvalue weighted by molar-refractivity contribution is -0.274. The molecule has 0 radical (unpaired) electrons. The molecular weight excluding hydrogens is 349 g/mol. The third-order valence-electron chi connectivity index (χ3n) is 3.20. The number of carbonyl (C=O) groups excluding carboxylic acids is 1. The largest absolute Gasteiger partial charge is 0.573 e. The maximum atomic E-state index is 12.5. The fourth-order valence-corrected chi connectivity index (χ4v) is 2.44. The number of rotatable bonds is 7. The summed E-state index contributed by atoms with van der Waals surface area (Å²) < 4.78 is 41.8. The summed E-state index contributed by atoms with van der Waals surface area (Å²) in [6.07, 6.45) is -1.74. The number of ketones is 1. The number of alkyl halides is 3. The molecule has 0 aliphatic carbocycles. The van der Waals surface area contributed by atoms with Crippen molar-refractivity contribution in [2.45, 2.75) is 45.9 Å². The highest BCUT2D eigenvalue weighted by molar-refractivity contribution is 9.10. The van der Waals surface area contributed by atoms with Gasteiger partial charge in [-0.1, -0.05) is 42.6 Å². The van der Waals surface area contributed by atoms with Gasteiger partial charge in [-0.25, -0.2) is 0 Å². The number of Topliss-reactive ketones (excluding diaryl/α,β-unsaturated/α-hetero) is 1. The van der Waals surface area contributed by atoms with E-state index in [4.69, 9.17) is 0 Å². The summed E-state index contributed by atoms with van der Waals surface area (Å²) in [4.78, 5) is 12.4. The van der Waals surface area contributed by atoms with E-state index in [9.17, 15) is 18.0 Å². The van der Waals surface area contributed by atoms with Crippen molar-refractivity contribution in [2.75, 3.05) is 0 Å². The van der Waals surface area contributed by atoms with Crippen LogP contribution in [0.5, 0.6) is 5.75 Å². The van der Waals surface area contributed by atoms with Crippen LogP contribution in [0.2, 0.25) is 0 Å². The Labute approximate surface area is 130 Å². The number of benzene rings is 1. The summed E-state index contributed by atoms with van der Waals surface area (Å²) in [5.41, 5.74) is -0.0153. The van der Waals surface area contributed by atoms with Crippen molar-refractivity contribution in [2.24, 2.45) is 5.92 Å². The van der Waals surface area contributed by atoms with E-state index >= 15 is 0 Å². The summed E-state index contributed by atoms with van der Waals surface area (Å²) >= 11 is 3.09. The van der Waals surface area contributed by atoms with Gasteiger partial charge in [0.05, 0.1) is 5.56 Å². The molecule has 1 aromatic rings. The highest BCUT2D eigenvalue weighted by Gasteiger charge is 2.33. The van der Waals surface area contributed by atoms with Gasteiger partial charge in [-0.3, -0.25) is 4.79 Å². The molecule has 0 heterocycles. The molecule has 0 N–H and O–H groups in total. The van der Waals surface area contributed by atoms with Crippen LogP contribution in [-0.2, 0) is 0 Å². The molecule has 1 aromatic carbocycles. The van der Waals surface area contributed by atoms with Gasteiger partial charge in [0.25, 0.3) is 0 Å². The fraction of sp³-hybridized carbons (Fsp3) is 0.533. The zero-order valence-corrected chi connectivity index (χ0v) is 13.6. The van der Waals surface area contributed by atoms with Gasteiger partial charge in [0.15, 0.2) is 5.78 Å². The van der Waals surface area contributed by atoms with Gasteiger partial charge in [0.2, 0.25) is 0 Å². The van der Waals surface area contributed by atoms with E-state index in [1.54, 1.807) is 6.07 Å². The van der Waals surface area contributed by atoms with Crippen molar-refractivity contribution in [1.29, 1.82) is 0 Å². The molecule has 0 saturated heterocycles. The van der Waals surface area contributed by atoms with Crippen LogP contribution in [0.1, 0.15) is 49.9 Å². The standard InChI is InChI=1S/C15H18BrF3O2/c1-3-5-6-10(4-2)14(20)12-8-7-11(16)9-13(12)21-15(17,18)19/h7-10H,3-6H2,1-2H3. The lowest BCUT2D eigenvalue weighted by Gasteiger charge is -2.17. The quantitative estimate of drug-likeness (QED) is 0.574. The second kappa shape index (κ2) is 7.82. The van der Waals surface area contributed by atoms with Crippen molar-refractivity contribution in [3.63, 3.8) is 0 Å².